The number of hydrogen-bond acceptors (Lipinski definition) is 4. The monoisotopic (exact) mass is 323 g/mol. The van der Waals surface area contributed by atoms with Crippen molar-refractivity contribution in [3.05, 3.63) is 0 Å². The molecule has 2 atom stereocenters. The van der Waals surface area contributed by atoms with Crippen LogP contribution in [0.4, 0.5) is 0 Å². The Morgan fingerprint density at radius 3 is 2.65 bits per heavy atom. The number of amides is 2. The first-order valence-corrected chi connectivity index (χ1v) is 9.12. The van der Waals surface area contributed by atoms with E-state index < -0.39 is 0 Å². The zero-order valence-electron chi connectivity index (χ0n) is 14.0. The molecule has 0 saturated carbocycles. The van der Waals surface area contributed by atoms with Crippen molar-refractivity contribution >= 4 is 11.8 Å². The molecule has 0 spiro atoms. The van der Waals surface area contributed by atoms with E-state index in [2.05, 4.69) is 5.32 Å². The highest BCUT2D eigenvalue weighted by Crippen LogP contribution is 2.22. The van der Waals surface area contributed by atoms with E-state index >= 15 is 0 Å². The van der Waals surface area contributed by atoms with Crippen molar-refractivity contribution in [2.45, 2.75) is 44.6 Å². The molecule has 3 saturated heterocycles. The smallest absolute Gasteiger partial charge is 0.245 e. The van der Waals surface area contributed by atoms with Gasteiger partial charge in [-0.25, -0.2) is 0 Å². The van der Waals surface area contributed by atoms with E-state index in [4.69, 9.17) is 4.74 Å². The fraction of sp³-hybridized carbons (Fsp3) is 0.882. The minimum Gasteiger partial charge on any atom is -0.378 e. The lowest BCUT2D eigenvalue weighted by atomic mass is 9.98. The summed E-state index contributed by atoms with van der Waals surface area (Å²) < 4.78 is 5.33. The maximum Gasteiger partial charge on any atom is 0.245 e. The molecule has 23 heavy (non-hydrogen) atoms. The number of nitrogens with zero attached hydrogens (tertiary/aromatic N) is 2. The summed E-state index contributed by atoms with van der Waals surface area (Å²) in [5.74, 6) is 0.921. The second-order valence-electron chi connectivity index (χ2n) is 6.93. The molecule has 2 amide bonds. The normalized spacial score (nSPS) is 28.9. The number of rotatable bonds is 4. The van der Waals surface area contributed by atoms with Crippen molar-refractivity contribution in [1.29, 1.82) is 0 Å². The van der Waals surface area contributed by atoms with Gasteiger partial charge >= 0.3 is 0 Å². The molecule has 3 fully saturated rings. The van der Waals surface area contributed by atoms with Gasteiger partial charge in [-0.1, -0.05) is 0 Å². The lowest BCUT2D eigenvalue weighted by molar-refractivity contribution is -0.150. The molecule has 3 heterocycles. The van der Waals surface area contributed by atoms with Crippen LogP contribution in [0, 0.1) is 5.92 Å². The van der Waals surface area contributed by atoms with Crippen molar-refractivity contribution in [3.63, 3.8) is 0 Å². The summed E-state index contributed by atoms with van der Waals surface area (Å²) >= 11 is 0. The average Bonchev–Trinajstić information content (AvgIpc) is 3.13. The highest BCUT2D eigenvalue weighted by molar-refractivity contribution is 5.88. The second kappa shape index (κ2) is 8.11. The van der Waals surface area contributed by atoms with Gasteiger partial charge in [-0.15, -0.1) is 0 Å². The van der Waals surface area contributed by atoms with Gasteiger partial charge < -0.3 is 19.9 Å². The van der Waals surface area contributed by atoms with Crippen LogP contribution in [0.25, 0.3) is 0 Å². The number of morpholine rings is 1. The Balaban J connectivity index is 1.56. The van der Waals surface area contributed by atoms with Crippen LogP contribution in [0.3, 0.4) is 0 Å². The van der Waals surface area contributed by atoms with E-state index in [9.17, 15) is 9.59 Å². The number of nitrogens with one attached hydrogen (secondary N) is 1. The summed E-state index contributed by atoms with van der Waals surface area (Å²) in [7, 11) is 0. The highest BCUT2D eigenvalue weighted by atomic mass is 16.5. The fourth-order valence-electron chi connectivity index (χ4n) is 3.91. The Hall–Kier alpha value is -1.14. The van der Waals surface area contributed by atoms with Crippen molar-refractivity contribution in [2.24, 2.45) is 5.92 Å². The summed E-state index contributed by atoms with van der Waals surface area (Å²) in [6.07, 6.45) is 5.57. The van der Waals surface area contributed by atoms with Gasteiger partial charge in [-0.3, -0.25) is 9.59 Å². The number of likely N-dealkylation sites (tertiary alicyclic amines) is 1. The molecule has 6 nitrogen and oxygen atoms in total. The molecule has 0 aliphatic carbocycles. The minimum absolute atomic E-state index is 0.129. The molecule has 0 aromatic carbocycles. The summed E-state index contributed by atoms with van der Waals surface area (Å²) in [5.41, 5.74) is 0. The summed E-state index contributed by atoms with van der Waals surface area (Å²) in [4.78, 5) is 29.2. The number of ether oxygens (including phenoxy) is 1. The van der Waals surface area contributed by atoms with Crippen molar-refractivity contribution < 1.29 is 14.3 Å². The van der Waals surface area contributed by atoms with E-state index in [1.165, 1.54) is 6.42 Å². The largest absolute Gasteiger partial charge is 0.378 e. The van der Waals surface area contributed by atoms with Gasteiger partial charge in [0.25, 0.3) is 0 Å². The third-order valence-corrected chi connectivity index (χ3v) is 5.36. The highest BCUT2D eigenvalue weighted by Gasteiger charge is 2.35. The van der Waals surface area contributed by atoms with E-state index in [-0.39, 0.29) is 17.9 Å². The zero-order chi connectivity index (χ0) is 16.1. The number of carbonyl (C=O) groups excluding carboxylic acids is 2. The summed E-state index contributed by atoms with van der Waals surface area (Å²) in [6.45, 7) is 5.38. The first-order chi connectivity index (χ1) is 11.3. The van der Waals surface area contributed by atoms with E-state index in [0.29, 0.717) is 38.6 Å². The molecule has 6 heteroatoms. The molecule has 3 rings (SSSR count). The molecule has 3 aliphatic rings. The predicted molar refractivity (Wildman–Crippen MR) is 87.0 cm³/mol. The number of piperidine rings is 1. The van der Waals surface area contributed by atoms with Crippen LogP contribution >= 0.6 is 0 Å². The fourth-order valence-corrected chi connectivity index (χ4v) is 3.91. The number of carbonyl (C=O) groups is 2. The maximum absolute atomic E-state index is 12.8. The van der Waals surface area contributed by atoms with Crippen molar-refractivity contribution in [2.75, 3.05) is 45.9 Å². The van der Waals surface area contributed by atoms with Crippen LogP contribution in [0.1, 0.15) is 38.5 Å². The quantitative estimate of drug-likeness (QED) is 0.824. The van der Waals surface area contributed by atoms with Gasteiger partial charge in [-0.05, 0) is 51.1 Å². The van der Waals surface area contributed by atoms with E-state index in [1.807, 2.05) is 9.80 Å². The summed E-state index contributed by atoms with van der Waals surface area (Å²) in [5, 5.41) is 3.35. The topological polar surface area (TPSA) is 61.9 Å². The lowest BCUT2D eigenvalue weighted by Crippen LogP contribution is -2.55. The van der Waals surface area contributed by atoms with Gasteiger partial charge in [-0.2, -0.15) is 0 Å². The molecular weight excluding hydrogens is 294 g/mol. The molecule has 3 aliphatic heterocycles. The van der Waals surface area contributed by atoms with Gasteiger partial charge in [0.2, 0.25) is 11.8 Å². The Morgan fingerprint density at radius 2 is 1.91 bits per heavy atom. The second-order valence-corrected chi connectivity index (χ2v) is 6.93. The van der Waals surface area contributed by atoms with Crippen LogP contribution < -0.4 is 5.32 Å². The molecule has 2 unspecified atom stereocenters. The zero-order valence-corrected chi connectivity index (χ0v) is 14.0. The molecule has 0 aromatic heterocycles. The van der Waals surface area contributed by atoms with Gasteiger partial charge in [0.1, 0.15) is 6.04 Å². The van der Waals surface area contributed by atoms with Gasteiger partial charge in [0.05, 0.1) is 13.2 Å². The van der Waals surface area contributed by atoms with Crippen LogP contribution in [-0.2, 0) is 14.3 Å². The van der Waals surface area contributed by atoms with Gasteiger partial charge in [0.15, 0.2) is 0 Å². The first-order valence-electron chi connectivity index (χ1n) is 9.12. The maximum atomic E-state index is 12.8. The van der Waals surface area contributed by atoms with Crippen molar-refractivity contribution in [1.82, 2.24) is 15.1 Å². The molecule has 0 radical (unpaired) electrons. The standard InChI is InChI=1S/C17H29N3O3/c21-16(5-4-14-6-7-18-13-14)20-8-2-1-3-15(20)17(22)19-9-11-23-12-10-19/h14-15,18H,1-13H2. The third kappa shape index (κ3) is 4.23. The third-order valence-electron chi connectivity index (χ3n) is 5.36. The van der Waals surface area contributed by atoms with E-state index in [1.54, 1.807) is 0 Å². The number of hydrogen-bond donors (Lipinski definition) is 1. The van der Waals surface area contributed by atoms with Crippen LogP contribution in [0.15, 0.2) is 0 Å². The molecule has 1 N–H and O–H groups in total. The van der Waals surface area contributed by atoms with E-state index in [0.717, 1.165) is 45.3 Å². The predicted octanol–water partition coefficient (Wildman–Crippen LogP) is 0.616. The average molecular weight is 323 g/mol. The molecule has 0 bridgehead atoms. The van der Waals surface area contributed by atoms with Crippen LogP contribution in [0.5, 0.6) is 0 Å². The Bertz CT molecular complexity index is 417. The molecular formula is C17H29N3O3. The lowest BCUT2D eigenvalue weighted by Gasteiger charge is -2.39. The van der Waals surface area contributed by atoms with Gasteiger partial charge in [0, 0.05) is 26.1 Å². The summed E-state index contributed by atoms with van der Waals surface area (Å²) in [6, 6.07) is -0.240. The Labute approximate surface area is 138 Å². The Morgan fingerprint density at radius 1 is 1.09 bits per heavy atom. The Kier molecular flexibility index (Phi) is 5.89. The van der Waals surface area contributed by atoms with Crippen molar-refractivity contribution in [3.8, 4) is 0 Å². The van der Waals surface area contributed by atoms with Crippen LogP contribution in [0.2, 0.25) is 0 Å². The molecule has 0 aromatic rings. The molecule has 130 valence electrons. The first kappa shape index (κ1) is 16.7. The minimum atomic E-state index is -0.240. The van der Waals surface area contributed by atoms with Crippen LogP contribution in [-0.4, -0.2) is 73.6 Å². The SMILES string of the molecule is O=C(C1CCCCN1C(=O)CCC1CCNC1)N1CCOCC1.